The van der Waals surface area contributed by atoms with E-state index in [4.69, 9.17) is 4.74 Å². The predicted octanol–water partition coefficient (Wildman–Crippen LogP) is 2.92. The maximum atomic E-state index is 12.9. The summed E-state index contributed by atoms with van der Waals surface area (Å²) in [6, 6.07) is 7.81. The molecular formula is C17H21N3O2. The Morgan fingerprint density at radius 1 is 1.45 bits per heavy atom. The first-order valence-corrected chi connectivity index (χ1v) is 7.94. The molecule has 2 aliphatic carbocycles. The first-order chi connectivity index (χ1) is 10.6. The van der Waals surface area contributed by atoms with Gasteiger partial charge in [0.05, 0.1) is 12.2 Å². The number of nitriles is 1. The highest BCUT2D eigenvalue weighted by atomic mass is 16.5. The van der Waals surface area contributed by atoms with Gasteiger partial charge >= 0.3 is 0 Å². The number of pyridine rings is 1. The first kappa shape index (κ1) is 14.8. The van der Waals surface area contributed by atoms with Crippen LogP contribution in [0.4, 0.5) is 0 Å². The van der Waals surface area contributed by atoms with E-state index >= 15 is 0 Å². The van der Waals surface area contributed by atoms with Crippen LogP contribution in [0, 0.1) is 11.3 Å². The van der Waals surface area contributed by atoms with E-state index in [1.165, 1.54) is 0 Å². The van der Waals surface area contributed by atoms with Gasteiger partial charge in [0.2, 0.25) is 5.88 Å². The van der Waals surface area contributed by atoms with Gasteiger partial charge in [-0.05, 0) is 52.0 Å². The van der Waals surface area contributed by atoms with E-state index in [9.17, 15) is 10.1 Å². The highest BCUT2D eigenvalue weighted by molar-refractivity contribution is 5.93. The zero-order chi connectivity index (χ0) is 15.7. The number of carbonyl (C=O) groups excluding carboxylic acids is 1. The highest BCUT2D eigenvalue weighted by Gasteiger charge is 2.51. The summed E-state index contributed by atoms with van der Waals surface area (Å²) in [5, 5.41) is 9.56. The Hall–Kier alpha value is -2.09. The molecule has 1 aromatic heterocycles. The third kappa shape index (κ3) is 2.66. The van der Waals surface area contributed by atoms with E-state index in [1.807, 2.05) is 13.8 Å². The molecule has 2 aliphatic rings. The minimum Gasteiger partial charge on any atom is -0.475 e. The van der Waals surface area contributed by atoms with E-state index in [2.05, 4.69) is 11.1 Å². The number of aromatic nitrogens is 1. The molecule has 3 rings (SSSR count). The lowest BCUT2D eigenvalue weighted by molar-refractivity contribution is 0.0354. The maximum Gasteiger partial charge on any atom is 0.274 e. The van der Waals surface area contributed by atoms with Gasteiger partial charge in [0.1, 0.15) is 11.2 Å². The smallest absolute Gasteiger partial charge is 0.274 e. The van der Waals surface area contributed by atoms with Crippen LogP contribution in [0.25, 0.3) is 0 Å². The van der Waals surface area contributed by atoms with Crippen molar-refractivity contribution in [3.63, 3.8) is 0 Å². The van der Waals surface area contributed by atoms with Crippen LogP contribution >= 0.6 is 0 Å². The molecule has 0 aromatic carbocycles. The Morgan fingerprint density at radius 3 is 2.68 bits per heavy atom. The molecule has 1 amide bonds. The molecule has 1 aromatic rings. The fraction of sp³-hybridized carbons (Fsp3) is 0.588. The van der Waals surface area contributed by atoms with E-state index in [0.29, 0.717) is 11.6 Å². The largest absolute Gasteiger partial charge is 0.475 e. The molecule has 0 N–H and O–H groups in total. The SMILES string of the molecule is CC(C)Oc1cccc(C(=O)N(C2CC2)C2(C#N)CCC2)n1. The number of hydrogen-bond donors (Lipinski definition) is 0. The van der Waals surface area contributed by atoms with Crippen LogP contribution in [-0.4, -0.2) is 33.5 Å². The van der Waals surface area contributed by atoms with Crippen LogP contribution in [0.1, 0.15) is 56.4 Å². The zero-order valence-corrected chi connectivity index (χ0v) is 13.1. The lowest BCUT2D eigenvalue weighted by Gasteiger charge is -2.45. The summed E-state index contributed by atoms with van der Waals surface area (Å²) in [5.74, 6) is 0.314. The average Bonchev–Trinajstić information content (AvgIpc) is 3.26. The van der Waals surface area contributed by atoms with Crippen molar-refractivity contribution in [1.29, 1.82) is 5.26 Å². The van der Waals surface area contributed by atoms with Crippen LogP contribution < -0.4 is 4.74 Å². The second-order valence-electron chi connectivity index (χ2n) is 6.43. The van der Waals surface area contributed by atoms with Gasteiger partial charge in [-0.1, -0.05) is 6.07 Å². The van der Waals surface area contributed by atoms with Gasteiger partial charge in [-0.25, -0.2) is 4.98 Å². The van der Waals surface area contributed by atoms with Gasteiger partial charge in [-0.3, -0.25) is 4.79 Å². The fourth-order valence-corrected chi connectivity index (χ4v) is 2.93. The summed E-state index contributed by atoms with van der Waals surface area (Å²) >= 11 is 0. The normalized spacial score (nSPS) is 19.2. The predicted molar refractivity (Wildman–Crippen MR) is 81.4 cm³/mol. The van der Waals surface area contributed by atoms with E-state index < -0.39 is 5.54 Å². The van der Waals surface area contributed by atoms with Crippen LogP contribution in [0.3, 0.4) is 0 Å². The van der Waals surface area contributed by atoms with E-state index in [-0.39, 0.29) is 18.1 Å². The second-order valence-corrected chi connectivity index (χ2v) is 6.43. The Balaban J connectivity index is 1.86. The van der Waals surface area contributed by atoms with E-state index in [0.717, 1.165) is 32.1 Å². The van der Waals surface area contributed by atoms with Crippen LogP contribution in [0.2, 0.25) is 0 Å². The van der Waals surface area contributed by atoms with Gasteiger partial charge in [0.25, 0.3) is 5.91 Å². The molecule has 0 saturated heterocycles. The molecule has 0 unspecified atom stereocenters. The van der Waals surface area contributed by atoms with Gasteiger partial charge in [-0.2, -0.15) is 5.26 Å². The molecule has 116 valence electrons. The Bertz CT molecular complexity index is 613. The number of hydrogen-bond acceptors (Lipinski definition) is 4. The molecule has 0 aliphatic heterocycles. The molecule has 0 radical (unpaired) electrons. The summed E-state index contributed by atoms with van der Waals surface area (Å²) in [6.45, 7) is 3.84. The topological polar surface area (TPSA) is 66.2 Å². The van der Waals surface area contributed by atoms with Gasteiger partial charge in [0.15, 0.2) is 0 Å². The Labute approximate surface area is 130 Å². The van der Waals surface area contributed by atoms with Crippen molar-refractivity contribution in [2.45, 2.75) is 63.6 Å². The minimum atomic E-state index is -0.616. The summed E-state index contributed by atoms with van der Waals surface area (Å²) in [6.07, 6.45) is 4.53. The van der Waals surface area contributed by atoms with Gasteiger partial charge < -0.3 is 9.64 Å². The third-order valence-corrected chi connectivity index (χ3v) is 4.28. The molecule has 0 atom stereocenters. The van der Waals surface area contributed by atoms with Crippen LogP contribution in [0.5, 0.6) is 5.88 Å². The lowest BCUT2D eigenvalue weighted by Crippen LogP contribution is -2.56. The molecule has 1 heterocycles. The fourth-order valence-electron chi connectivity index (χ4n) is 2.93. The van der Waals surface area contributed by atoms with E-state index in [1.54, 1.807) is 23.1 Å². The number of ether oxygens (including phenoxy) is 1. The summed E-state index contributed by atoms with van der Waals surface area (Å²) in [7, 11) is 0. The molecule has 2 saturated carbocycles. The molecule has 5 nitrogen and oxygen atoms in total. The van der Waals surface area contributed by atoms with Gasteiger partial charge in [0, 0.05) is 12.1 Å². The van der Waals surface area contributed by atoms with Crippen LogP contribution in [0.15, 0.2) is 18.2 Å². The van der Waals surface area contributed by atoms with Crippen molar-refractivity contribution in [2.24, 2.45) is 0 Å². The summed E-state index contributed by atoms with van der Waals surface area (Å²) in [4.78, 5) is 19.0. The van der Waals surface area contributed by atoms with Gasteiger partial charge in [-0.15, -0.1) is 0 Å². The van der Waals surface area contributed by atoms with Crippen molar-refractivity contribution >= 4 is 5.91 Å². The molecular weight excluding hydrogens is 278 g/mol. The molecule has 5 heteroatoms. The van der Waals surface area contributed by atoms with Crippen molar-refractivity contribution in [3.8, 4) is 11.9 Å². The second kappa shape index (κ2) is 5.60. The highest BCUT2D eigenvalue weighted by Crippen LogP contribution is 2.44. The number of nitrogens with zero attached hydrogens (tertiary/aromatic N) is 3. The van der Waals surface area contributed by atoms with Crippen molar-refractivity contribution in [2.75, 3.05) is 0 Å². The molecule has 2 fully saturated rings. The monoisotopic (exact) mass is 299 g/mol. The minimum absolute atomic E-state index is 0.00877. The Kier molecular flexibility index (Phi) is 3.78. The number of rotatable bonds is 5. The van der Waals surface area contributed by atoms with Crippen molar-refractivity contribution < 1.29 is 9.53 Å². The molecule has 0 bridgehead atoms. The first-order valence-electron chi connectivity index (χ1n) is 7.94. The maximum absolute atomic E-state index is 12.9. The van der Waals surface area contributed by atoms with Crippen molar-refractivity contribution in [3.05, 3.63) is 23.9 Å². The van der Waals surface area contributed by atoms with Crippen LogP contribution in [-0.2, 0) is 0 Å². The number of amides is 1. The van der Waals surface area contributed by atoms with Crippen molar-refractivity contribution in [1.82, 2.24) is 9.88 Å². The lowest BCUT2D eigenvalue weighted by atomic mass is 9.76. The summed E-state index contributed by atoms with van der Waals surface area (Å²) < 4.78 is 5.57. The zero-order valence-electron chi connectivity index (χ0n) is 13.1. The number of carbonyl (C=O) groups is 1. The molecule has 22 heavy (non-hydrogen) atoms. The Morgan fingerprint density at radius 2 is 2.18 bits per heavy atom. The standard InChI is InChI=1S/C17H21N3O2/c1-12(2)22-15-6-3-5-14(19-15)16(21)20(13-7-8-13)17(11-18)9-4-10-17/h3,5-6,12-13H,4,7-10H2,1-2H3. The molecule has 0 spiro atoms. The average molecular weight is 299 g/mol. The third-order valence-electron chi connectivity index (χ3n) is 4.28. The quantitative estimate of drug-likeness (QED) is 0.838. The summed E-state index contributed by atoms with van der Waals surface area (Å²) in [5.41, 5.74) is -0.249.